The van der Waals surface area contributed by atoms with Gasteiger partial charge in [0.25, 0.3) is 5.91 Å². The average molecular weight is 269 g/mol. The molecule has 0 aromatic heterocycles. The van der Waals surface area contributed by atoms with Crippen LogP contribution in [0.15, 0.2) is 18.2 Å². The van der Waals surface area contributed by atoms with Gasteiger partial charge >= 0.3 is 0 Å². The molecule has 2 unspecified atom stereocenters. The summed E-state index contributed by atoms with van der Waals surface area (Å²) in [6.45, 7) is 0. The number of benzene rings is 1. The summed E-state index contributed by atoms with van der Waals surface area (Å²) in [6, 6.07) is 2.71. The highest BCUT2D eigenvalue weighted by molar-refractivity contribution is 5.94. The lowest BCUT2D eigenvalue weighted by Crippen LogP contribution is -2.42. The minimum Gasteiger partial charge on any atom is -0.391 e. The maximum Gasteiger partial charge on any atom is 0.251 e. The lowest BCUT2D eigenvalue weighted by molar-refractivity contribution is 0.0818. The summed E-state index contributed by atoms with van der Waals surface area (Å²) in [6.07, 6.45) is 3.71. The molecule has 2 rings (SSSR count). The van der Waals surface area contributed by atoms with Gasteiger partial charge in [0, 0.05) is 5.56 Å². The first-order chi connectivity index (χ1) is 9.08. The topological polar surface area (TPSA) is 49.3 Å². The van der Waals surface area contributed by atoms with Crippen molar-refractivity contribution in [3.8, 4) is 0 Å². The Hall–Kier alpha value is -1.49. The van der Waals surface area contributed by atoms with E-state index in [9.17, 15) is 18.7 Å². The van der Waals surface area contributed by atoms with Gasteiger partial charge in [0.2, 0.25) is 0 Å². The normalized spacial score (nSPS) is 23.7. The Morgan fingerprint density at radius 1 is 1.16 bits per heavy atom. The summed E-state index contributed by atoms with van der Waals surface area (Å²) in [5.74, 6) is -2.51. The quantitative estimate of drug-likeness (QED) is 0.810. The number of carbonyl (C=O) groups is 1. The second kappa shape index (κ2) is 6.10. The third-order valence-electron chi connectivity index (χ3n) is 3.48. The van der Waals surface area contributed by atoms with Gasteiger partial charge in [-0.1, -0.05) is 19.3 Å². The Balaban J connectivity index is 2.05. The van der Waals surface area contributed by atoms with Gasteiger partial charge in [0.15, 0.2) is 11.6 Å². The second-order valence-electron chi connectivity index (χ2n) is 4.91. The van der Waals surface area contributed by atoms with Gasteiger partial charge in [0.05, 0.1) is 12.1 Å². The predicted octanol–water partition coefficient (Wildman–Crippen LogP) is 2.39. The molecule has 104 valence electrons. The fourth-order valence-corrected chi connectivity index (χ4v) is 2.35. The minimum atomic E-state index is -1.05. The standard InChI is InChI=1S/C14H17F2NO2/c15-10-7-6-9(8-11(10)16)14(19)17-12-4-2-1-3-5-13(12)18/h6-8,12-13,18H,1-5H2,(H,17,19). The van der Waals surface area contributed by atoms with Crippen molar-refractivity contribution >= 4 is 5.91 Å². The molecule has 0 spiro atoms. The van der Waals surface area contributed by atoms with E-state index in [1.54, 1.807) is 0 Å². The van der Waals surface area contributed by atoms with Gasteiger partial charge < -0.3 is 10.4 Å². The molecule has 1 aromatic rings. The Kier molecular flexibility index (Phi) is 4.47. The third-order valence-corrected chi connectivity index (χ3v) is 3.48. The van der Waals surface area contributed by atoms with Crippen LogP contribution in [0, 0.1) is 11.6 Å². The summed E-state index contributed by atoms with van der Waals surface area (Å²) < 4.78 is 25.8. The fourth-order valence-electron chi connectivity index (χ4n) is 2.35. The van der Waals surface area contributed by atoms with Gasteiger partial charge in [-0.15, -0.1) is 0 Å². The van der Waals surface area contributed by atoms with E-state index in [1.807, 2.05) is 0 Å². The second-order valence-corrected chi connectivity index (χ2v) is 4.91. The van der Waals surface area contributed by atoms with Gasteiger partial charge in [-0.25, -0.2) is 8.78 Å². The Morgan fingerprint density at radius 3 is 2.63 bits per heavy atom. The minimum absolute atomic E-state index is 0.0651. The molecule has 1 saturated carbocycles. The highest BCUT2D eigenvalue weighted by Gasteiger charge is 2.23. The number of aliphatic hydroxyl groups is 1. The van der Waals surface area contributed by atoms with Crippen LogP contribution in [0.25, 0.3) is 0 Å². The van der Waals surface area contributed by atoms with Crippen LogP contribution in [-0.2, 0) is 0 Å². The molecule has 1 amide bonds. The summed E-state index contributed by atoms with van der Waals surface area (Å²) in [5, 5.41) is 12.6. The van der Waals surface area contributed by atoms with E-state index < -0.39 is 23.6 Å². The van der Waals surface area contributed by atoms with Crippen LogP contribution in [0.2, 0.25) is 0 Å². The van der Waals surface area contributed by atoms with Crippen molar-refractivity contribution in [1.82, 2.24) is 5.32 Å². The van der Waals surface area contributed by atoms with Crippen LogP contribution in [0.5, 0.6) is 0 Å². The van der Waals surface area contributed by atoms with Crippen molar-refractivity contribution in [2.75, 3.05) is 0 Å². The average Bonchev–Trinajstić information content (AvgIpc) is 2.58. The van der Waals surface area contributed by atoms with Crippen molar-refractivity contribution in [1.29, 1.82) is 0 Å². The number of carbonyl (C=O) groups excluding carboxylic acids is 1. The molecule has 1 aliphatic rings. The number of hydrogen-bond acceptors (Lipinski definition) is 2. The van der Waals surface area contributed by atoms with E-state index in [0.717, 1.165) is 31.4 Å². The number of halogens is 2. The van der Waals surface area contributed by atoms with Crippen molar-refractivity contribution in [2.45, 2.75) is 44.2 Å². The molecule has 0 aliphatic heterocycles. The van der Waals surface area contributed by atoms with Crippen molar-refractivity contribution < 1.29 is 18.7 Å². The molecule has 1 fully saturated rings. The van der Waals surface area contributed by atoms with E-state index in [2.05, 4.69) is 5.32 Å². The van der Waals surface area contributed by atoms with E-state index in [0.29, 0.717) is 12.8 Å². The first-order valence-electron chi connectivity index (χ1n) is 6.52. The molecule has 1 aliphatic carbocycles. The molecule has 0 saturated heterocycles. The Morgan fingerprint density at radius 2 is 1.89 bits per heavy atom. The van der Waals surface area contributed by atoms with E-state index in [4.69, 9.17) is 0 Å². The molecular weight excluding hydrogens is 252 g/mol. The van der Waals surface area contributed by atoms with Crippen LogP contribution >= 0.6 is 0 Å². The van der Waals surface area contributed by atoms with Crippen LogP contribution in [0.4, 0.5) is 8.78 Å². The van der Waals surface area contributed by atoms with E-state index in [-0.39, 0.29) is 11.6 Å². The fraction of sp³-hybridized carbons (Fsp3) is 0.500. The first kappa shape index (κ1) is 13.9. The van der Waals surface area contributed by atoms with Crippen LogP contribution in [0.1, 0.15) is 42.5 Å². The van der Waals surface area contributed by atoms with Gasteiger partial charge in [0.1, 0.15) is 0 Å². The zero-order chi connectivity index (χ0) is 13.8. The molecule has 1 aromatic carbocycles. The lowest BCUT2D eigenvalue weighted by atomic mass is 10.1. The monoisotopic (exact) mass is 269 g/mol. The molecule has 2 atom stereocenters. The summed E-state index contributed by atoms with van der Waals surface area (Å²) in [7, 11) is 0. The maximum atomic E-state index is 13.1. The third kappa shape index (κ3) is 3.50. The van der Waals surface area contributed by atoms with Crippen molar-refractivity contribution in [2.24, 2.45) is 0 Å². The first-order valence-corrected chi connectivity index (χ1v) is 6.52. The SMILES string of the molecule is O=C(NC1CCCCCC1O)c1ccc(F)c(F)c1. The molecule has 2 N–H and O–H groups in total. The Bertz CT molecular complexity index is 465. The number of rotatable bonds is 2. The summed E-state index contributed by atoms with van der Waals surface area (Å²) in [4.78, 5) is 11.9. The molecule has 3 nitrogen and oxygen atoms in total. The Labute approximate surface area is 110 Å². The van der Waals surface area contributed by atoms with Gasteiger partial charge in [-0.2, -0.15) is 0 Å². The van der Waals surface area contributed by atoms with Crippen LogP contribution in [-0.4, -0.2) is 23.2 Å². The molecule has 19 heavy (non-hydrogen) atoms. The largest absolute Gasteiger partial charge is 0.391 e. The summed E-state index contributed by atoms with van der Waals surface area (Å²) in [5.41, 5.74) is 0.0651. The maximum absolute atomic E-state index is 13.1. The molecule has 0 bridgehead atoms. The zero-order valence-electron chi connectivity index (χ0n) is 10.5. The number of amides is 1. The number of hydrogen-bond donors (Lipinski definition) is 2. The van der Waals surface area contributed by atoms with E-state index in [1.165, 1.54) is 6.07 Å². The smallest absolute Gasteiger partial charge is 0.251 e. The number of aliphatic hydroxyl groups excluding tert-OH is 1. The number of nitrogens with one attached hydrogen (secondary N) is 1. The molecule has 5 heteroatoms. The summed E-state index contributed by atoms with van der Waals surface area (Å²) >= 11 is 0. The van der Waals surface area contributed by atoms with Crippen LogP contribution in [0.3, 0.4) is 0 Å². The van der Waals surface area contributed by atoms with Gasteiger partial charge in [-0.3, -0.25) is 4.79 Å². The van der Waals surface area contributed by atoms with Crippen molar-refractivity contribution in [3.05, 3.63) is 35.4 Å². The lowest BCUT2D eigenvalue weighted by Gasteiger charge is -2.21. The van der Waals surface area contributed by atoms with Crippen LogP contribution < -0.4 is 5.32 Å². The molecule has 0 heterocycles. The molecule has 0 radical (unpaired) electrons. The van der Waals surface area contributed by atoms with E-state index >= 15 is 0 Å². The van der Waals surface area contributed by atoms with Crippen molar-refractivity contribution in [3.63, 3.8) is 0 Å². The van der Waals surface area contributed by atoms with Gasteiger partial charge in [-0.05, 0) is 31.0 Å². The highest BCUT2D eigenvalue weighted by Crippen LogP contribution is 2.18. The highest BCUT2D eigenvalue weighted by atomic mass is 19.2. The predicted molar refractivity (Wildman–Crippen MR) is 66.7 cm³/mol. The molecular formula is C14H17F2NO2. The zero-order valence-corrected chi connectivity index (χ0v) is 10.5.